The Hall–Kier alpha value is -2.38. The summed E-state index contributed by atoms with van der Waals surface area (Å²) in [6.07, 6.45) is 0. The molecule has 0 unspecified atom stereocenters. The van der Waals surface area contributed by atoms with E-state index in [1.165, 1.54) is 4.90 Å². The van der Waals surface area contributed by atoms with Crippen LogP contribution in [-0.2, 0) is 9.59 Å². The van der Waals surface area contributed by atoms with E-state index in [0.29, 0.717) is 23.0 Å². The Bertz CT molecular complexity index is 513. The SMILES string of the molecule is Cc1c(N)nc(C(C)C)nc1N(CC(N)=O)CC(N)=O. The highest BCUT2D eigenvalue weighted by atomic mass is 16.2. The number of nitrogens with zero attached hydrogens (tertiary/aromatic N) is 3. The molecule has 0 atom stereocenters. The van der Waals surface area contributed by atoms with Crippen molar-refractivity contribution in [2.75, 3.05) is 23.7 Å². The lowest BCUT2D eigenvalue weighted by atomic mass is 10.2. The third-order valence-electron chi connectivity index (χ3n) is 2.68. The summed E-state index contributed by atoms with van der Waals surface area (Å²) < 4.78 is 0. The fraction of sp³-hybridized carbons (Fsp3) is 0.500. The number of nitrogen functional groups attached to an aromatic ring is 1. The van der Waals surface area contributed by atoms with Crippen LogP contribution in [0, 0.1) is 6.92 Å². The number of hydrogen-bond acceptors (Lipinski definition) is 6. The van der Waals surface area contributed by atoms with Gasteiger partial charge in [-0.25, -0.2) is 9.97 Å². The maximum Gasteiger partial charge on any atom is 0.237 e. The van der Waals surface area contributed by atoms with Crippen LogP contribution >= 0.6 is 0 Å². The lowest BCUT2D eigenvalue weighted by Crippen LogP contribution is -2.40. The minimum absolute atomic E-state index is 0.0562. The summed E-state index contributed by atoms with van der Waals surface area (Å²) in [5.41, 5.74) is 16.8. The first-order valence-electron chi connectivity index (χ1n) is 6.18. The zero-order valence-corrected chi connectivity index (χ0v) is 11.9. The van der Waals surface area contributed by atoms with E-state index >= 15 is 0 Å². The summed E-state index contributed by atoms with van der Waals surface area (Å²) in [6, 6.07) is 0. The van der Waals surface area contributed by atoms with Gasteiger partial charge in [0.25, 0.3) is 0 Å². The minimum Gasteiger partial charge on any atom is -0.383 e. The van der Waals surface area contributed by atoms with Crippen molar-refractivity contribution >= 4 is 23.5 Å². The predicted molar refractivity (Wildman–Crippen MR) is 75.9 cm³/mol. The third kappa shape index (κ3) is 3.81. The number of anilines is 2. The molecule has 0 saturated heterocycles. The lowest BCUT2D eigenvalue weighted by Gasteiger charge is -2.23. The molecule has 0 aromatic carbocycles. The van der Waals surface area contributed by atoms with Crippen LogP contribution < -0.4 is 22.1 Å². The Labute approximate surface area is 117 Å². The van der Waals surface area contributed by atoms with Gasteiger partial charge in [-0.3, -0.25) is 9.59 Å². The normalized spacial score (nSPS) is 10.6. The third-order valence-corrected chi connectivity index (χ3v) is 2.68. The summed E-state index contributed by atoms with van der Waals surface area (Å²) in [5, 5.41) is 0. The maximum atomic E-state index is 11.1. The predicted octanol–water partition coefficient (Wildman–Crippen LogP) is -0.732. The van der Waals surface area contributed by atoms with Gasteiger partial charge in [-0.15, -0.1) is 0 Å². The van der Waals surface area contributed by atoms with E-state index in [9.17, 15) is 9.59 Å². The molecule has 1 aromatic heterocycles. The molecule has 1 heterocycles. The maximum absolute atomic E-state index is 11.1. The molecule has 0 spiro atoms. The number of primary amides is 2. The Kier molecular flexibility index (Phi) is 4.84. The van der Waals surface area contributed by atoms with Gasteiger partial charge in [0, 0.05) is 11.5 Å². The van der Waals surface area contributed by atoms with Crippen molar-refractivity contribution in [1.29, 1.82) is 0 Å². The van der Waals surface area contributed by atoms with Crippen molar-refractivity contribution < 1.29 is 9.59 Å². The molecule has 0 fully saturated rings. The van der Waals surface area contributed by atoms with Crippen LogP contribution in [0.5, 0.6) is 0 Å². The summed E-state index contributed by atoms with van der Waals surface area (Å²) in [7, 11) is 0. The zero-order chi connectivity index (χ0) is 15.4. The molecule has 0 aliphatic heterocycles. The van der Waals surface area contributed by atoms with Gasteiger partial charge >= 0.3 is 0 Å². The van der Waals surface area contributed by atoms with E-state index in [1.54, 1.807) is 6.92 Å². The first-order valence-corrected chi connectivity index (χ1v) is 6.18. The van der Waals surface area contributed by atoms with Gasteiger partial charge in [0.1, 0.15) is 17.5 Å². The number of carbonyl (C=O) groups is 2. The number of hydrogen-bond donors (Lipinski definition) is 3. The van der Waals surface area contributed by atoms with Gasteiger partial charge in [-0.1, -0.05) is 13.8 Å². The molecule has 0 aliphatic rings. The van der Waals surface area contributed by atoms with Crippen LogP contribution in [0.15, 0.2) is 0 Å². The highest BCUT2D eigenvalue weighted by Crippen LogP contribution is 2.24. The number of nitrogens with two attached hydrogens (primary N) is 3. The van der Waals surface area contributed by atoms with Crippen molar-refractivity contribution in [3.05, 3.63) is 11.4 Å². The average Bonchev–Trinajstić information content (AvgIpc) is 2.30. The van der Waals surface area contributed by atoms with E-state index in [1.807, 2.05) is 13.8 Å². The van der Waals surface area contributed by atoms with Gasteiger partial charge < -0.3 is 22.1 Å². The van der Waals surface area contributed by atoms with Crippen LogP contribution in [0.3, 0.4) is 0 Å². The van der Waals surface area contributed by atoms with Crippen LogP contribution in [0.25, 0.3) is 0 Å². The van der Waals surface area contributed by atoms with Crippen molar-refractivity contribution in [2.45, 2.75) is 26.7 Å². The van der Waals surface area contributed by atoms with Crippen LogP contribution in [0.2, 0.25) is 0 Å². The molecule has 6 N–H and O–H groups in total. The van der Waals surface area contributed by atoms with Crippen molar-refractivity contribution in [3.63, 3.8) is 0 Å². The summed E-state index contributed by atoms with van der Waals surface area (Å²) >= 11 is 0. The highest BCUT2D eigenvalue weighted by Gasteiger charge is 2.19. The molecule has 1 rings (SSSR count). The second-order valence-electron chi connectivity index (χ2n) is 4.86. The van der Waals surface area contributed by atoms with E-state index in [0.717, 1.165) is 0 Å². The van der Waals surface area contributed by atoms with E-state index in [-0.39, 0.29) is 19.0 Å². The molecular formula is C12H20N6O2. The fourth-order valence-corrected chi connectivity index (χ4v) is 1.69. The molecule has 0 radical (unpaired) electrons. The lowest BCUT2D eigenvalue weighted by molar-refractivity contribution is -0.117. The Morgan fingerprint density at radius 3 is 2.05 bits per heavy atom. The van der Waals surface area contributed by atoms with Crippen LogP contribution in [0.1, 0.15) is 31.2 Å². The van der Waals surface area contributed by atoms with Gasteiger partial charge in [0.05, 0.1) is 13.1 Å². The molecule has 0 saturated carbocycles. The molecule has 110 valence electrons. The standard InChI is InChI=1S/C12H20N6O2/c1-6(2)11-16-10(15)7(3)12(17-11)18(4-8(13)19)5-9(14)20/h6H,4-5H2,1-3H3,(H2,13,19)(H2,14,20)(H2,15,16,17). The van der Waals surface area contributed by atoms with Gasteiger partial charge in [0.15, 0.2) is 0 Å². The summed E-state index contributed by atoms with van der Waals surface area (Å²) in [5.74, 6) is 0.113. The molecule has 0 aliphatic carbocycles. The van der Waals surface area contributed by atoms with Gasteiger partial charge in [-0.05, 0) is 6.92 Å². The topological polar surface area (TPSA) is 141 Å². The average molecular weight is 280 g/mol. The minimum atomic E-state index is -0.589. The fourth-order valence-electron chi connectivity index (χ4n) is 1.69. The summed E-state index contributed by atoms with van der Waals surface area (Å²) in [4.78, 5) is 32.2. The Morgan fingerprint density at radius 2 is 1.65 bits per heavy atom. The molecular weight excluding hydrogens is 260 g/mol. The van der Waals surface area contributed by atoms with Crippen molar-refractivity contribution in [3.8, 4) is 0 Å². The highest BCUT2D eigenvalue weighted by molar-refractivity contribution is 5.85. The monoisotopic (exact) mass is 280 g/mol. The first kappa shape index (κ1) is 15.7. The Balaban J connectivity index is 3.29. The van der Waals surface area contributed by atoms with E-state index < -0.39 is 11.8 Å². The quantitative estimate of drug-likeness (QED) is 0.627. The molecule has 8 nitrogen and oxygen atoms in total. The number of rotatable bonds is 6. The number of amides is 2. The van der Waals surface area contributed by atoms with E-state index in [4.69, 9.17) is 17.2 Å². The van der Waals surface area contributed by atoms with E-state index in [2.05, 4.69) is 9.97 Å². The van der Waals surface area contributed by atoms with Crippen LogP contribution in [0.4, 0.5) is 11.6 Å². The van der Waals surface area contributed by atoms with Crippen molar-refractivity contribution in [1.82, 2.24) is 9.97 Å². The number of carbonyl (C=O) groups excluding carboxylic acids is 2. The molecule has 2 amide bonds. The van der Waals surface area contributed by atoms with Crippen LogP contribution in [-0.4, -0.2) is 34.9 Å². The first-order chi connectivity index (χ1) is 9.22. The molecule has 20 heavy (non-hydrogen) atoms. The largest absolute Gasteiger partial charge is 0.383 e. The van der Waals surface area contributed by atoms with Crippen molar-refractivity contribution in [2.24, 2.45) is 11.5 Å². The second-order valence-corrected chi connectivity index (χ2v) is 4.86. The van der Waals surface area contributed by atoms with Gasteiger partial charge in [-0.2, -0.15) is 0 Å². The zero-order valence-electron chi connectivity index (χ0n) is 11.9. The smallest absolute Gasteiger partial charge is 0.237 e. The summed E-state index contributed by atoms with van der Waals surface area (Å²) in [6.45, 7) is 5.21. The molecule has 0 bridgehead atoms. The molecule has 8 heteroatoms. The van der Waals surface area contributed by atoms with Gasteiger partial charge in [0.2, 0.25) is 11.8 Å². The second kappa shape index (κ2) is 6.18. The molecule has 1 aromatic rings. The Morgan fingerprint density at radius 1 is 1.15 bits per heavy atom. The number of aromatic nitrogens is 2.